The van der Waals surface area contributed by atoms with E-state index in [4.69, 9.17) is 9.73 Å². The van der Waals surface area contributed by atoms with E-state index in [2.05, 4.69) is 15.3 Å². The van der Waals surface area contributed by atoms with Gasteiger partial charge in [0.15, 0.2) is 5.96 Å². The Morgan fingerprint density at radius 3 is 3.00 bits per heavy atom. The molecule has 3 rings (SSSR count). The van der Waals surface area contributed by atoms with Crippen molar-refractivity contribution in [1.82, 2.24) is 20.0 Å². The van der Waals surface area contributed by atoms with Gasteiger partial charge in [0.25, 0.3) is 0 Å². The minimum atomic E-state index is -0.189. The predicted molar refractivity (Wildman–Crippen MR) is 99.4 cm³/mol. The van der Waals surface area contributed by atoms with Gasteiger partial charge in [0.2, 0.25) is 0 Å². The predicted octanol–water partition coefficient (Wildman–Crippen LogP) is 2.41. The van der Waals surface area contributed by atoms with Gasteiger partial charge < -0.3 is 15.0 Å². The molecule has 2 heterocycles. The fourth-order valence-corrected chi connectivity index (χ4v) is 2.98. The summed E-state index contributed by atoms with van der Waals surface area (Å²) >= 11 is 0. The Kier molecular flexibility index (Phi) is 5.88. The molecule has 6 nitrogen and oxygen atoms in total. The number of aryl methyl sites for hydroxylation is 2. The molecule has 1 unspecified atom stereocenters. The van der Waals surface area contributed by atoms with Gasteiger partial charge in [-0.3, -0.25) is 4.68 Å². The van der Waals surface area contributed by atoms with Crippen LogP contribution in [0.3, 0.4) is 0 Å². The molecule has 1 aliphatic heterocycles. The molecule has 1 aromatic carbocycles. The molecular formula is C19H26FN5O. The second-order valence-corrected chi connectivity index (χ2v) is 6.51. The van der Waals surface area contributed by atoms with Gasteiger partial charge >= 0.3 is 0 Å². The van der Waals surface area contributed by atoms with Gasteiger partial charge in [0.05, 0.1) is 25.9 Å². The van der Waals surface area contributed by atoms with E-state index in [1.54, 1.807) is 23.7 Å². The van der Waals surface area contributed by atoms with Crippen molar-refractivity contribution in [2.24, 2.45) is 12.0 Å². The fourth-order valence-electron chi connectivity index (χ4n) is 2.98. The van der Waals surface area contributed by atoms with E-state index in [0.717, 1.165) is 30.2 Å². The SMILES string of the molecule is CCNC(=NCc1ccc(C)c(F)c1)N1CCOC(c2cnn(C)c2)C1. The minimum Gasteiger partial charge on any atom is -0.370 e. The van der Waals surface area contributed by atoms with Crippen molar-refractivity contribution in [3.8, 4) is 0 Å². The summed E-state index contributed by atoms with van der Waals surface area (Å²) in [6, 6.07) is 5.27. The number of rotatable bonds is 4. The first-order chi connectivity index (χ1) is 12.6. The third-order valence-electron chi connectivity index (χ3n) is 4.45. The highest BCUT2D eigenvalue weighted by Gasteiger charge is 2.25. The number of guanidine groups is 1. The lowest BCUT2D eigenvalue weighted by molar-refractivity contribution is -0.00805. The number of aliphatic imine (C=N–C) groups is 1. The fraction of sp³-hybridized carbons (Fsp3) is 0.474. The number of hydrogen-bond acceptors (Lipinski definition) is 3. The molecule has 140 valence electrons. The lowest BCUT2D eigenvalue weighted by atomic mass is 10.1. The number of benzene rings is 1. The molecule has 0 aliphatic carbocycles. The second-order valence-electron chi connectivity index (χ2n) is 6.51. The van der Waals surface area contributed by atoms with Crippen molar-refractivity contribution >= 4 is 5.96 Å². The summed E-state index contributed by atoms with van der Waals surface area (Å²) in [4.78, 5) is 6.89. The minimum absolute atomic E-state index is 0.0295. The van der Waals surface area contributed by atoms with Crippen molar-refractivity contribution in [3.63, 3.8) is 0 Å². The Morgan fingerprint density at radius 2 is 2.31 bits per heavy atom. The van der Waals surface area contributed by atoms with Crippen LogP contribution < -0.4 is 5.32 Å². The summed E-state index contributed by atoms with van der Waals surface area (Å²) < 4.78 is 21.4. The van der Waals surface area contributed by atoms with E-state index in [1.807, 2.05) is 32.4 Å². The van der Waals surface area contributed by atoms with Crippen molar-refractivity contribution in [2.45, 2.75) is 26.5 Å². The first-order valence-electron chi connectivity index (χ1n) is 8.95. The highest BCUT2D eigenvalue weighted by molar-refractivity contribution is 5.80. The maximum absolute atomic E-state index is 13.7. The molecule has 0 radical (unpaired) electrons. The van der Waals surface area contributed by atoms with Crippen molar-refractivity contribution in [3.05, 3.63) is 53.1 Å². The van der Waals surface area contributed by atoms with E-state index < -0.39 is 0 Å². The molecule has 1 aliphatic rings. The van der Waals surface area contributed by atoms with E-state index in [9.17, 15) is 4.39 Å². The molecule has 1 N–H and O–H groups in total. The van der Waals surface area contributed by atoms with Crippen LogP contribution in [-0.2, 0) is 18.3 Å². The molecule has 1 aromatic heterocycles. The third kappa shape index (κ3) is 4.40. The summed E-state index contributed by atoms with van der Waals surface area (Å²) in [5.74, 6) is 0.636. The second kappa shape index (κ2) is 8.31. The Bertz CT molecular complexity index is 773. The Labute approximate surface area is 153 Å². The van der Waals surface area contributed by atoms with Gasteiger partial charge in [-0.15, -0.1) is 0 Å². The zero-order chi connectivity index (χ0) is 18.5. The maximum atomic E-state index is 13.7. The van der Waals surface area contributed by atoms with Gasteiger partial charge in [-0.25, -0.2) is 9.38 Å². The number of morpholine rings is 1. The molecule has 0 spiro atoms. The molecule has 1 fully saturated rings. The molecule has 0 amide bonds. The average molecular weight is 359 g/mol. The van der Waals surface area contributed by atoms with E-state index in [0.29, 0.717) is 25.3 Å². The van der Waals surface area contributed by atoms with Gasteiger partial charge in [0, 0.05) is 31.9 Å². The standard InChI is InChI=1S/C19H26FN5O/c1-4-21-19(22-10-15-6-5-14(2)17(20)9-15)25-7-8-26-18(13-25)16-11-23-24(3)12-16/h5-6,9,11-12,18H,4,7-8,10,13H2,1-3H3,(H,21,22). The topological polar surface area (TPSA) is 54.7 Å². The van der Waals surface area contributed by atoms with Crippen molar-refractivity contribution in [2.75, 3.05) is 26.2 Å². The monoisotopic (exact) mass is 359 g/mol. The number of nitrogens with zero attached hydrogens (tertiary/aromatic N) is 4. The lowest BCUT2D eigenvalue weighted by Crippen LogP contribution is -2.48. The van der Waals surface area contributed by atoms with Gasteiger partial charge in [0.1, 0.15) is 11.9 Å². The Morgan fingerprint density at radius 1 is 1.46 bits per heavy atom. The lowest BCUT2D eigenvalue weighted by Gasteiger charge is -2.34. The highest BCUT2D eigenvalue weighted by Crippen LogP contribution is 2.21. The third-order valence-corrected chi connectivity index (χ3v) is 4.45. The quantitative estimate of drug-likeness (QED) is 0.673. The summed E-state index contributed by atoms with van der Waals surface area (Å²) in [6.45, 7) is 7.12. The van der Waals surface area contributed by atoms with Crippen LogP contribution in [0.2, 0.25) is 0 Å². The summed E-state index contributed by atoms with van der Waals surface area (Å²) in [7, 11) is 1.90. The molecule has 0 bridgehead atoms. The van der Waals surface area contributed by atoms with E-state index >= 15 is 0 Å². The van der Waals surface area contributed by atoms with Crippen LogP contribution in [0.5, 0.6) is 0 Å². The van der Waals surface area contributed by atoms with Crippen LogP contribution >= 0.6 is 0 Å². The Hall–Kier alpha value is -2.41. The molecule has 1 saturated heterocycles. The molecule has 7 heteroatoms. The summed E-state index contributed by atoms with van der Waals surface area (Å²) in [5, 5.41) is 7.56. The van der Waals surface area contributed by atoms with Crippen LogP contribution in [0.4, 0.5) is 4.39 Å². The van der Waals surface area contributed by atoms with Gasteiger partial charge in [-0.05, 0) is 31.0 Å². The Balaban J connectivity index is 1.72. The molecule has 1 atom stereocenters. The zero-order valence-corrected chi connectivity index (χ0v) is 15.6. The smallest absolute Gasteiger partial charge is 0.194 e. The molecule has 26 heavy (non-hydrogen) atoms. The maximum Gasteiger partial charge on any atom is 0.194 e. The first kappa shape index (κ1) is 18.4. The van der Waals surface area contributed by atoms with Crippen molar-refractivity contribution in [1.29, 1.82) is 0 Å². The number of halogens is 1. The first-order valence-corrected chi connectivity index (χ1v) is 8.95. The van der Waals surface area contributed by atoms with Gasteiger partial charge in [-0.1, -0.05) is 12.1 Å². The average Bonchev–Trinajstić information content (AvgIpc) is 3.08. The molecular weight excluding hydrogens is 333 g/mol. The molecule has 2 aromatic rings. The van der Waals surface area contributed by atoms with Crippen LogP contribution in [-0.4, -0.2) is 46.9 Å². The van der Waals surface area contributed by atoms with Gasteiger partial charge in [-0.2, -0.15) is 5.10 Å². The number of ether oxygens (including phenoxy) is 1. The number of nitrogens with one attached hydrogen (secondary N) is 1. The summed E-state index contributed by atoms with van der Waals surface area (Å²) in [5.41, 5.74) is 2.58. The van der Waals surface area contributed by atoms with E-state index in [-0.39, 0.29) is 11.9 Å². The zero-order valence-electron chi connectivity index (χ0n) is 15.6. The van der Waals surface area contributed by atoms with Crippen LogP contribution in [0.25, 0.3) is 0 Å². The summed E-state index contributed by atoms with van der Waals surface area (Å²) in [6.07, 6.45) is 3.79. The van der Waals surface area contributed by atoms with Crippen LogP contribution in [0, 0.1) is 12.7 Å². The largest absolute Gasteiger partial charge is 0.370 e. The number of hydrogen-bond donors (Lipinski definition) is 1. The van der Waals surface area contributed by atoms with Crippen LogP contribution in [0.15, 0.2) is 35.6 Å². The number of aromatic nitrogens is 2. The van der Waals surface area contributed by atoms with E-state index in [1.165, 1.54) is 0 Å². The highest BCUT2D eigenvalue weighted by atomic mass is 19.1. The molecule has 0 saturated carbocycles. The normalized spacial score (nSPS) is 18.2. The van der Waals surface area contributed by atoms with Crippen LogP contribution in [0.1, 0.15) is 29.7 Å². The van der Waals surface area contributed by atoms with Crippen molar-refractivity contribution < 1.29 is 9.13 Å².